The van der Waals surface area contributed by atoms with Gasteiger partial charge in [0.1, 0.15) is 0 Å². The summed E-state index contributed by atoms with van der Waals surface area (Å²) in [5, 5.41) is 0. The summed E-state index contributed by atoms with van der Waals surface area (Å²) >= 11 is 5.39. The third-order valence-electron chi connectivity index (χ3n) is 0.972. The number of hydrogen-bond acceptors (Lipinski definition) is 3. The first-order chi connectivity index (χ1) is 4.76. The quantitative estimate of drug-likeness (QED) is 0.458. The van der Waals surface area contributed by atoms with Crippen LogP contribution in [0.4, 0.5) is 0 Å². The second-order valence-corrected chi connectivity index (χ2v) is 1.93. The average molecular weight is 167 g/mol. The number of ether oxygens (including phenoxy) is 2. The molecule has 3 nitrogen and oxygen atoms in total. The zero-order valence-electron chi connectivity index (χ0n) is 6.09. The SMILES string of the molecule is CCOC(CCl)C(=O)OC. The van der Waals surface area contributed by atoms with Gasteiger partial charge in [-0.2, -0.15) is 0 Å². The molecule has 0 aliphatic heterocycles. The summed E-state index contributed by atoms with van der Waals surface area (Å²) in [6.45, 7) is 2.26. The molecule has 0 saturated carbocycles. The van der Waals surface area contributed by atoms with Gasteiger partial charge in [-0.15, -0.1) is 11.6 Å². The third-order valence-corrected chi connectivity index (χ3v) is 1.25. The van der Waals surface area contributed by atoms with Crippen LogP contribution in [0.3, 0.4) is 0 Å². The maximum Gasteiger partial charge on any atom is 0.336 e. The van der Waals surface area contributed by atoms with Crippen LogP contribution in [0.25, 0.3) is 0 Å². The number of rotatable bonds is 4. The number of alkyl halides is 1. The highest BCUT2D eigenvalue weighted by atomic mass is 35.5. The highest BCUT2D eigenvalue weighted by molar-refractivity contribution is 6.19. The van der Waals surface area contributed by atoms with Crippen LogP contribution in [0, 0.1) is 0 Å². The predicted molar refractivity (Wildman–Crippen MR) is 38.1 cm³/mol. The summed E-state index contributed by atoms with van der Waals surface area (Å²) in [6, 6.07) is 0. The number of esters is 1. The van der Waals surface area contributed by atoms with Gasteiger partial charge in [0.25, 0.3) is 0 Å². The van der Waals surface area contributed by atoms with Gasteiger partial charge in [0.05, 0.1) is 13.0 Å². The molecule has 0 fully saturated rings. The largest absolute Gasteiger partial charge is 0.467 e. The third kappa shape index (κ3) is 3.03. The fourth-order valence-electron chi connectivity index (χ4n) is 0.508. The fraction of sp³-hybridized carbons (Fsp3) is 0.833. The number of carbonyl (C=O) groups is 1. The topological polar surface area (TPSA) is 35.5 Å². The highest BCUT2D eigenvalue weighted by Gasteiger charge is 2.16. The molecule has 0 spiro atoms. The van der Waals surface area contributed by atoms with Gasteiger partial charge < -0.3 is 9.47 Å². The zero-order valence-corrected chi connectivity index (χ0v) is 6.85. The molecular formula is C6H11ClO3. The predicted octanol–water partition coefficient (Wildman–Crippen LogP) is 0.803. The van der Waals surface area contributed by atoms with E-state index in [1.165, 1.54) is 7.11 Å². The van der Waals surface area contributed by atoms with E-state index in [0.717, 1.165) is 0 Å². The number of hydrogen-bond donors (Lipinski definition) is 0. The standard InChI is InChI=1S/C6H11ClO3/c1-3-10-5(4-7)6(8)9-2/h5H,3-4H2,1-2H3. The van der Waals surface area contributed by atoms with Gasteiger partial charge >= 0.3 is 5.97 Å². The van der Waals surface area contributed by atoms with Crippen LogP contribution < -0.4 is 0 Å². The van der Waals surface area contributed by atoms with E-state index in [2.05, 4.69) is 4.74 Å². The second-order valence-electron chi connectivity index (χ2n) is 1.62. The van der Waals surface area contributed by atoms with E-state index in [0.29, 0.717) is 6.61 Å². The van der Waals surface area contributed by atoms with E-state index >= 15 is 0 Å². The Morgan fingerprint density at radius 1 is 1.70 bits per heavy atom. The molecule has 0 aromatic carbocycles. The van der Waals surface area contributed by atoms with Crippen molar-refractivity contribution in [3.8, 4) is 0 Å². The lowest BCUT2D eigenvalue weighted by Gasteiger charge is -2.09. The van der Waals surface area contributed by atoms with Crippen LogP contribution in [0.2, 0.25) is 0 Å². The number of carbonyl (C=O) groups excluding carboxylic acids is 1. The first kappa shape index (κ1) is 9.72. The molecule has 0 heterocycles. The van der Waals surface area contributed by atoms with Gasteiger partial charge in [-0.25, -0.2) is 4.79 Å². The average Bonchev–Trinajstić information content (AvgIpc) is 1.99. The van der Waals surface area contributed by atoms with Crippen molar-refractivity contribution < 1.29 is 14.3 Å². The van der Waals surface area contributed by atoms with Crippen molar-refractivity contribution in [1.82, 2.24) is 0 Å². The molecule has 0 rings (SSSR count). The minimum atomic E-state index is -0.614. The maximum absolute atomic E-state index is 10.7. The Labute approximate surface area is 65.3 Å². The normalized spacial score (nSPS) is 12.7. The molecule has 1 unspecified atom stereocenters. The fourth-order valence-corrected chi connectivity index (χ4v) is 0.723. The molecule has 0 radical (unpaired) electrons. The Morgan fingerprint density at radius 3 is 2.60 bits per heavy atom. The van der Waals surface area contributed by atoms with Crippen molar-refractivity contribution in [3.63, 3.8) is 0 Å². The molecule has 0 aliphatic rings. The Bertz CT molecular complexity index is 105. The zero-order chi connectivity index (χ0) is 7.98. The summed E-state index contributed by atoms with van der Waals surface area (Å²) in [5.74, 6) is -0.280. The molecule has 0 saturated heterocycles. The van der Waals surface area contributed by atoms with Gasteiger partial charge in [-0.05, 0) is 6.92 Å². The van der Waals surface area contributed by atoms with Crippen LogP contribution in [-0.2, 0) is 14.3 Å². The molecule has 0 amide bonds. The molecule has 0 N–H and O–H groups in total. The maximum atomic E-state index is 10.7. The van der Waals surface area contributed by atoms with Crippen LogP contribution in [-0.4, -0.2) is 31.7 Å². The van der Waals surface area contributed by atoms with Gasteiger partial charge in [-0.1, -0.05) is 0 Å². The van der Waals surface area contributed by atoms with Gasteiger partial charge in [0.2, 0.25) is 0 Å². The van der Waals surface area contributed by atoms with Crippen molar-refractivity contribution in [2.24, 2.45) is 0 Å². The number of halogens is 1. The lowest BCUT2D eigenvalue weighted by Crippen LogP contribution is -2.27. The van der Waals surface area contributed by atoms with E-state index < -0.39 is 12.1 Å². The number of methoxy groups -OCH3 is 1. The van der Waals surface area contributed by atoms with Crippen LogP contribution in [0.5, 0.6) is 0 Å². The molecule has 0 aliphatic carbocycles. The minimum absolute atomic E-state index is 0.139. The Hall–Kier alpha value is -0.280. The lowest BCUT2D eigenvalue weighted by molar-refractivity contribution is -0.152. The molecule has 4 heteroatoms. The summed E-state index contributed by atoms with van der Waals surface area (Å²) in [5.41, 5.74) is 0. The van der Waals surface area contributed by atoms with Crippen LogP contribution >= 0.6 is 11.6 Å². The molecule has 10 heavy (non-hydrogen) atoms. The van der Waals surface area contributed by atoms with Crippen molar-refractivity contribution >= 4 is 17.6 Å². The van der Waals surface area contributed by atoms with E-state index in [4.69, 9.17) is 16.3 Å². The molecule has 0 aromatic rings. The molecular weight excluding hydrogens is 156 g/mol. The molecule has 1 atom stereocenters. The Morgan fingerprint density at radius 2 is 2.30 bits per heavy atom. The lowest BCUT2D eigenvalue weighted by atomic mass is 10.4. The summed E-state index contributed by atoms with van der Waals surface area (Å²) < 4.78 is 9.34. The molecule has 60 valence electrons. The van der Waals surface area contributed by atoms with Crippen LogP contribution in [0.1, 0.15) is 6.92 Å². The summed E-state index contributed by atoms with van der Waals surface area (Å²) in [4.78, 5) is 10.7. The summed E-state index contributed by atoms with van der Waals surface area (Å²) in [7, 11) is 1.31. The Kier molecular flexibility index (Phi) is 5.35. The van der Waals surface area contributed by atoms with E-state index in [1.807, 2.05) is 0 Å². The minimum Gasteiger partial charge on any atom is -0.467 e. The van der Waals surface area contributed by atoms with Gasteiger partial charge in [0, 0.05) is 6.61 Å². The van der Waals surface area contributed by atoms with E-state index in [1.54, 1.807) is 6.92 Å². The van der Waals surface area contributed by atoms with Gasteiger partial charge in [-0.3, -0.25) is 0 Å². The molecule has 0 aromatic heterocycles. The van der Waals surface area contributed by atoms with Crippen molar-refractivity contribution in [1.29, 1.82) is 0 Å². The first-order valence-corrected chi connectivity index (χ1v) is 3.55. The van der Waals surface area contributed by atoms with E-state index in [9.17, 15) is 4.79 Å². The van der Waals surface area contributed by atoms with Crippen molar-refractivity contribution in [2.75, 3.05) is 19.6 Å². The molecule has 0 bridgehead atoms. The summed E-state index contributed by atoms with van der Waals surface area (Å²) in [6.07, 6.45) is -0.614. The Balaban J connectivity index is 3.68. The van der Waals surface area contributed by atoms with Crippen LogP contribution in [0.15, 0.2) is 0 Å². The van der Waals surface area contributed by atoms with Gasteiger partial charge in [0.15, 0.2) is 6.10 Å². The monoisotopic (exact) mass is 166 g/mol. The van der Waals surface area contributed by atoms with Crippen molar-refractivity contribution in [3.05, 3.63) is 0 Å². The second kappa shape index (κ2) is 5.50. The smallest absolute Gasteiger partial charge is 0.336 e. The van der Waals surface area contributed by atoms with Crippen molar-refractivity contribution in [2.45, 2.75) is 13.0 Å². The highest BCUT2D eigenvalue weighted by Crippen LogP contribution is 1.97. The van der Waals surface area contributed by atoms with E-state index in [-0.39, 0.29) is 5.88 Å². The first-order valence-electron chi connectivity index (χ1n) is 3.01.